The highest BCUT2D eigenvalue weighted by atomic mass is 127. The number of piperidine rings is 1. The Morgan fingerprint density at radius 3 is 2.61 bits per heavy atom. The Morgan fingerprint density at radius 1 is 1.12 bits per heavy atom. The van der Waals surface area contributed by atoms with Crippen molar-refractivity contribution in [2.75, 3.05) is 32.1 Å². The number of halogens is 1. The first-order chi connectivity index (χ1) is 15.7. The smallest absolute Gasteiger partial charge is 0.253 e. The third kappa shape index (κ3) is 7.33. The van der Waals surface area contributed by atoms with Gasteiger partial charge < -0.3 is 25.0 Å². The largest absolute Gasteiger partial charge is 0.490 e. The lowest BCUT2D eigenvalue weighted by molar-refractivity contribution is -0.124. The van der Waals surface area contributed by atoms with Gasteiger partial charge in [0.1, 0.15) is 18.0 Å². The van der Waals surface area contributed by atoms with Gasteiger partial charge in [0.2, 0.25) is 0 Å². The summed E-state index contributed by atoms with van der Waals surface area (Å²) in [6.07, 6.45) is 3.55. The third-order valence-corrected chi connectivity index (χ3v) is 5.87. The molecule has 1 atom stereocenters. The monoisotopic (exact) mass is 564 g/mol. The predicted octanol–water partition coefficient (Wildman–Crippen LogP) is 4.04. The van der Waals surface area contributed by atoms with Gasteiger partial charge in [0.15, 0.2) is 5.96 Å². The van der Waals surface area contributed by atoms with Crippen molar-refractivity contribution >= 4 is 41.5 Å². The second-order valence-corrected chi connectivity index (χ2v) is 8.21. The minimum absolute atomic E-state index is 0. The molecule has 7 nitrogen and oxygen atoms in total. The van der Waals surface area contributed by atoms with E-state index in [2.05, 4.69) is 20.5 Å². The van der Waals surface area contributed by atoms with E-state index < -0.39 is 0 Å². The van der Waals surface area contributed by atoms with Crippen molar-refractivity contribution in [1.29, 1.82) is 0 Å². The number of guanidine groups is 1. The van der Waals surface area contributed by atoms with Crippen LogP contribution < -0.4 is 15.4 Å². The van der Waals surface area contributed by atoms with Crippen molar-refractivity contribution in [2.45, 2.75) is 44.4 Å². The Labute approximate surface area is 213 Å². The Hall–Kier alpha value is -2.33. The summed E-state index contributed by atoms with van der Waals surface area (Å²) in [7, 11) is 1.81. The first-order valence-electron chi connectivity index (χ1n) is 11.4. The van der Waals surface area contributed by atoms with E-state index in [1.807, 2.05) is 61.6 Å². The van der Waals surface area contributed by atoms with Crippen LogP contribution in [-0.4, -0.2) is 55.7 Å². The normalized spacial score (nSPS) is 19.0. The van der Waals surface area contributed by atoms with Crippen molar-refractivity contribution in [2.24, 2.45) is 4.99 Å². The van der Waals surface area contributed by atoms with Crippen molar-refractivity contribution in [1.82, 2.24) is 10.2 Å². The number of benzene rings is 2. The molecule has 1 unspecified atom stereocenters. The quantitative estimate of drug-likeness (QED) is 0.315. The molecule has 4 rings (SSSR count). The third-order valence-electron chi connectivity index (χ3n) is 5.87. The summed E-state index contributed by atoms with van der Waals surface area (Å²) >= 11 is 0. The molecule has 2 fully saturated rings. The summed E-state index contributed by atoms with van der Waals surface area (Å²) in [4.78, 5) is 19.0. The van der Waals surface area contributed by atoms with E-state index >= 15 is 0 Å². The zero-order valence-electron chi connectivity index (χ0n) is 19.0. The van der Waals surface area contributed by atoms with Gasteiger partial charge in [0.25, 0.3) is 5.91 Å². The summed E-state index contributed by atoms with van der Waals surface area (Å²) in [6.45, 7) is 3.09. The molecule has 178 valence electrons. The zero-order valence-corrected chi connectivity index (χ0v) is 21.4. The van der Waals surface area contributed by atoms with E-state index in [0.29, 0.717) is 13.2 Å². The van der Waals surface area contributed by atoms with Crippen molar-refractivity contribution in [3.63, 3.8) is 0 Å². The van der Waals surface area contributed by atoms with Crippen LogP contribution in [0.2, 0.25) is 0 Å². The first kappa shape index (κ1) is 25.3. The average Bonchev–Trinajstić information content (AvgIpc) is 3.37. The average molecular weight is 564 g/mol. The second kappa shape index (κ2) is 12.8. The number of rotatable bonds is 6. The number of amides is 1. The topological polar surface area (TPSA) is 75.2 Å². The number of carbonyl (C=O) groups excluding carboxylic acids is 1. The number of carbonyl (C=O) groups is 1. The molecule has 0 spiro atoms. The maximum absolute atomic E-state index is 12.3. The second-order valence-electron chi connectivity index (χ2n) is 8.21. The number of likely N-dealkylation sites (tertiary alicyclic amines) is 1. The molecule has 0 aromatic heterocycles. The number of hydrogen-bond acceptors (Lipinski definition) is 4. The molecule has 0 bridgehead atoms. The Balaban J connectivity index is 0.00000306. The number of hydrogen-bond donors (Lipinski definition) is 2. The summed E-state index contributed by atoms with van der Waals surface area (Å²) in [6, 6.07) is 17.9. The van der Waals surface area contributed by atoms with Crippen LogP contribution in [0.5, 0.6) is 5.75 Å². The molecule has 0 saturated carbocycles. The van der Waals surface area contributed by atoms with Gasteiger partial charge in [-0.25, -0.2) is 0 Å². The van der Waals surface area contributed by atoms with E-state index in [1.54, 1.807) is 0 Å². The number of anilines is 1. The zero-order chi connectivity index (χ0) is 22.2. The standard InChI is InChI=1S/C25H32N4O3.HI/c1-26-25(29-14-12-22(13-15-29)32-21-9-3-2-4-10-21)27-18-19-7-5-8-20(17-19)28-24(30)23-11-6-16-31-23;/h2-5,7-10,17,22-23H,6,11-16,18H2,1H3,(H,26,27)(H,28,30);1H. The molecule has 2 aliphatic rings. The number of aliphatic imine (C=N–C) groups is 1. The maximum atomic E-state index is 12.3. The molecule has 2 N–H and O–H groups in total. The molecule has 33 heavy (non-hydrogen) atoms. The lowest BCUT2D eigenvalue weighted by Gasteiger charge is -2.34. The van der Waals surface area contributed by atoms with Crippen LogP contribution in [0.15, 0.2) is 59.6 Å². The number of para-hydroxylation sites is 1. The van der Waals surface area contributed by atoms with Gasteiger partial charge in [-0.3, -0.25) is 9.79 Å². The van der Waals surface area contributed by atoms with Gasteiger partial charge in [-0.15, -0.1) is 24.0 Å². The Morgan fingerprint density at radius 2 is 1.91 bits per heavy atom. The highest BCUT2D eigenvalue weighted by Gasteiger charge is 2.24. The Bertz CT molecular complexity index is 911. The fraction of sp³-hybridized carbons (Fsp3) is 0.440. The molecule has 1 amide bonds. The Kier molecular flexibility index (Phi) is 9.80. The van der Waals surface area contributed by atoms with Crippen molar-refractivity contribution in [3.05, 3.63) is 60.2 Å². The van der Waals surface area contributed by atoms with Gasteiger partial charge in [0.05, 0.1) is 0 Å². The van der Waals surface area contributed by atoms with Crippen LogP contribution in [0.4, 0.5) is 5.69 Å². The van der Waals surface area contributed by atoms with E-state index in [-0.39, 0.29) is 42.1 Å². The van der Waals surface area contributed by atoms with Gasteiger partial charge in [0, 0.05) is 51.8 Å². The van der Waals surface area contributed by atoms with Gasteiger partial charge in [-0.1, -0.05) is 30.3 Å². The van der Waals surface area contributed by atoms with E-state index in [0.717, 1.165) is 61.7 Å². The van der Waals surface area contributed by atoms with Crippen molar-refractivity contribution < 1.29 is 14.3 Å². The highest BCUT2D eigenvalue weighted by Crippen LogP contribution is 2.19. The molecule has 0 radical (unpaired) electrons. The molecule has 0 aliphatic carbocycles. The number of nitrogens with one attached hydrogen (secondary N) is 2. The molecule has 2 aromatic rings. The molecule has 2 saturated heterocycles. The van der Waals surface area contributed by atoms with E-state index in [4.69, 9.17) is 9.47 Å². The fourth-order valence-electron chi connectivity index (χ4n) is 4.16. The van der Waals surface area contributed by atoms with Gasteiger partial charge in [-0.05, 0) is 42.7 Å². The molecular formula is C25H33IN4O3. The predicted molar refractivity (Wildman–Crippen MR) is 141 cm³/mol. The van der Waals surface area contributed by atoms with E-state index in [9.17, 15) is 4.79 Å². The van der Waals surface area contributed by atoms with Gasteiger partial charge in [-0.2, -0.15) is 0 Å². The highest BCUT2D eigenvalue weighted by molar-refractivity contribution is 14.0. The molecular weight excluding hydrogens is 531 g/mol. The van der Waals surface area contributed by atoms with Crippen LogP contribution in [0.3, 0.4) is 0 Å². The molecule has 2 aliphatic heterocycles. The van der Waals surface area contributed by atoms with Crippen LogP contribution in [0.25, 0.3) is 0 Å². The molecule has 2 heterocycles. The fourth-order valence-corrected chi connectivity index (χ4v) is 4.16. The summed E-state index contributed by atoms with van der Waals surface area (Å²) in [5, 5.41) is 6.42. The number of ether oxygens (including phenoxy) is 2. The lowest BCUT2D eigenvalue weighted by atomic mass is 10.1. The van der Waals surface area contributed by atoms with Crippen LogP contribution in [0, 0.1) is 0 Å². The first-order valence-corrected chi connectivity index (χ1v) is 11.4. The minimum Gasteiger partial charge on any atom is -0.490 e. The molecule has 8 heteroatoms. The van der Waals surface area contributed by atoms with Crippen LogP contribution in [-0.2, 0) is 16.1 Å². The molecule has 2 aromatic carbocycles. The van der Waals surface area contributed by atoms with Crippen molar-refractivity contribution in [3.8, 4) is 5.75 Å². The van der Waals surface area contributed by atoms with E-state index in [1.165, 1.54) is 0 Å². The van der Waals surface area contributed by atoms with Crippen LogP contribution in [0.1, 0.15) is 31.2 Å². The number of nitrogens with zero attached hydrogens (tertiary/aromatic N) is 2. The SMILES string of the molecule is CN=C(NCc1cccc(NC(=O)C2CCCO2)c1)N1CCC(Oc2ccccc2)CC1.I. The minimum atomic E-state index is -0.329. The lowest BCUT2D eigenvalue weighted by Crippen LogP contribution is -2.47. The summed E-state index contributed by atoms with van der Waals surface area (Å²) in [5.41, 5.74) is 1.87. The summed E-state index contributed by atoms with van der Waals surface area (Å²) in [5.74, 6) is 1.75. The van der Waals surface area contributed by atoms with Crippen LogP contribution >= 0.6 is 24.0 Å². The maximum Gasteiger partial charge on any atom is 0.253 e. The summed E-state index contributed by atoms with van der Waals surface area (Å²) < 4.78 is 11.6. The van der Waals surface area contributed by atoms with Gasteiger partial charge >= 0.3 is 0 Å².